The molecule has 0 bridgehead atoms. The molecule has 1 heterocycles. The first-order valence-electron chi connectivity index (χ1n) is 12.4. The highest BCUT2D eigenvalue weighted by atomic mass is 28.3. The van der Waals surface area contributed by atoms with E-state index in [0.29, 0.717) is 6.61 Å². The van der Waals surface area contributed by atoms with Crippen LogP contribution in [0.25, 0.3) is 5.57 Å². The Morgan fingerprint density at radius 1 is 0.909 bits per heavy atom. The Hall–Kier alpha value is -1.88. The minimum atomic E-state index is -0.933. The van der Waals surface area contributed by atoms with Crippen LogP contribution in [0.1, 0.15) is 70.1 Å². The maximum atomic E-state index is 8.96. The number of nitrogens with one attached hydrogen (secondary N) is 1. The highest BCUT2D eigenvalue weighted by molar-refractivity contribution is 6.48. The van der Waals surface area contributed by atoms with E-state index >= 15 is 0 Å². The SMILES string of the molecule is CC1=C(C(C)(C)C)c2ccccc2NC1(CCc1ccc(CCCCCO)cc1)O[Si](C)C. The molecule has 0 saturated carbocycles. The van der Waals surface area contributed by atoms with Gasteiger partial charge in [0, 0.05) is 24.3 Å². The van der Waals surface area contributed by atoms with E-state index in [2.05, 4.69) is 94.6 Å². The van der Waals surface area contributed by atoms with Gasteiger partial charge in [0.15, 0.2) is 5.72 Å². The number of allylic oxidation sites excluding steroid dienone is 1. The van der Waals surface area contributed by atoms with E-state index < -0.39 is 14.8 Å². The van der Waals surface area contributed by atoms with Crippen LogP contribution >= 0.6 is 0 Å². The number of aliphatic hydroxyl groups excluding tert-OH is 1. The molecule has 0 saturated heterocycles. The molecular weight excluding hydrogens is 422 g/mol. The van der Waals surface area contributed by atoms with Gasteiger partial charge in [-0.2, -0.15) is 0 Å². The van der Waals surface area contributed by atoms with Gasteiger partial charge in [0.2, 0.25) is 9.04 Å². The molecule has 0 aliphatic carbocycles. The third-order valence-electron chi connectivity index (χ3n) is 6.55. The molecule has 1 atom stereocenters. The van der Waals surface area contributed by atoms with E-state index in [1.54, 1.807) is 0 Å². The van der Waals surface area contributed by atoms with Gasteiger partial charge < -0.3 is 14.8 Å². The summed E-state index contributed by atoms with van der Waals surface area (Å²) in [5.74, 6) is 0. The molecule has 2 aromatic carbocycles. The molecule has 1 aliphatic rings. The van der Waals surface area contributed by atoms with Crippen molar-refractivity contribution in [3.8, 4) is 0 Å². The summed E-state index contributed by atoms with van der Waals surface area (Å²) < 4.78 is 6.81. The van der Waals surface area contributed by atoms with Gasteiger partial charge in [0.1, 0.15) is 0 Å². The summed E-state index contributed by atoms with van der Waals surface area (Å²) in [6.07, 6.45) is 6.07. The molecule has 33 heavy (non-hydrogen) atoms. The Bertz CT molecular complexity index is 943. The van der Waals surface area contributed by atoms with Gasteiger partial charge in [0.05, 0.1) is 0 Å². The second-order valence-corrected chi connectivity index (χ2v) is 12.6. The van der Waals surface area contributed by atoms with E-state index in [-0.39, 0.29) is 5.41 Å². The number of rotatable bonds is 10. The van der Waals surface area contributed by atoms with E-state index in [9.17, 15) is 0 Å². The van der Waals surface area contributed by atoms with Crippen molar-refractivity contribution < 1.29 is 9.53 Å². The van der Waals surface area contributed by atoms with E-state index in [0.717, 1.165) is 38.5 Å². The Morgan fingerprint density at radius 3 is 2.15 bits per heavy atom. The molecule has 0 fully saturated rings. The lowest BCUT2D eigenvalue weighted by atomic mass is 9.74. The number of anilines is 1. The minimum absolute atomic E-state index is 0.0307. The summed E-state index contributed by atoms with van der Waals surface area (Å²) in [6.45, 7) is 13.9. The van der Waals surface area contributed by atoms with Gasteiger partial charge in [-0.05, 0) is 79.5 Å². The van der Waals surface area contributed by atoms with E-state index in [1.807, 2.05) is 0 Å². The summed E-state index contributed by atoms with van der Waals surface area (Å²) >= 11 is 0. The molecule has 0 amide bonds. The molecule has 1 unspecified atom stereocenters. The monoisotopic (exact) mass is 464 g/mol. The lowest BCUT2D eigenvalue weighted by Crippen LogP contribution is -2.49. The van der Waals surface area contributed by atoms with Crippen molar-refractivity contribution in [2.45, 2.75) is 85.0 Å². The molecule has 3 rings (SSSR count). The summed E-state index contributed by atoms with van der Waals surface area (Å²) in [4.78, 5) is 0. The number of hydrogen-bond donors (Lipinski definition) is 2. The Morgan fingerprint density at radius 2 is 1.55 bits per heavy atom. The molecule has 179 valence electrons. The van der Waals surface area contributed by atoms with Crippen LogP contribution in [0.5, 0.6) is 0 Å². The number of fused-ring (bicyclic) bond motifs is 1. The maximum Gasteiger partial charge on any atom is 0.208 e. The average molecular weight is 465 g/mol. The topological polar surface area (TPSA) is 41.5 Å². The predicted octanol–water partition coefficient (Wildman–Crippen LogP) is 7.23. The molecular formula is C29H42NO2Si. The van der Waals surface area contributed by atoms with Gasteiger partial charge in [-0.1, -0.05) is 69.7 Å². The summed E-state index contributed by atoms with van der Waals surface area (Å²) in [7, 11) is -0.933. The lowest BCUT2D eigenvalue weighted by molar-refractivity contribution is 0.126. The van der Waals surface area contributed by atoms with Crippen LogP contribution in [0.3, 0.4) is 0 Å². The summed E-state index contributed by atoms with van der Waals surface area (Å²) in [5.41, 5.74) is 7.48. The molecule has 2 N–H and O–H groups in total. The smallest absolute Gasteiger partial charge is 0.208 e. The second-order valence-electron chi connectivity index (χ2n) is 10.6. The number of aliphatic hydroxyl groups is 1. The van der Waals surface area contributed by atoms with Crippen molar-refractivity contribution in [3.63, 3.8) is 0 Å². The quantitative estimate of drug-likeness (QED) is 0.288. The first-order valence-corrected chi connectivity index (χ1v) is 14.8. The fourth-order valence-electron chi connectivity index (χ4n) is 5.05. The van der Waals surface area contributed by atoms with Gasteiger partial charge in [-0.15, -0.1) is 0 Å². The van der Waals surface area contributed by atoms with E-state index in [4.69, 9.17) is 9.53 Å². The van der Waals surface area contributed by atoms with Crippen molar-refractivity contribution in [3.05, 3.63) is 70.8 Å². The number of unbranched alkanes of at least 4 members (excludes halogenated alkanes) is 2. The third-order valence-corrected chi connectivity index (χ3v) is 7.31. The van der Waals surface area contributed by atoms with Crippen molar-refractivity contribution in [1.29, 1.82) is 0 Å². The fourth-order valence-corrected chi connectivity index (χ4v) is 6.06. The number of aryl methyl sites for hydroxylation is 2. The Balaban J connectivity index is 1.85. The van der Waals surface area contributed by atoms with Crippen LogP contribution in [-0.2, 0) is 17.3 Å². The highest BCUT2D eigenvalue weighted by Gasteiger charge is 2.42. The second kappa shape index (κ2) is 11.0. The fraction of sp³-hybridized carbons (Fsp3) is 0.517. The molecule has 0 spiro atoms. The molecule has 4 heteroatoms. The molecule has 3 nitrogen and oxygen atoms in total. The Kier molecular flexibility index (Phi) is 8.60. The largest absolute Gasteiger partial charge is 0.396 e. The normalized spacial score (nSPS) is 18.4. The summed E-state index contributed by atoms with van der Waals surface area (Å²) in [6, 6.07) is 17.8. The zero-order valence-electron chi connectivity index (χ0n) is 21.4. The number of hydrogen-bond acceptors (Lipinski definition) is 3. The van der Waals surface area contributed by atoms with Crippen LogP contribution in [0.2, 0.25) is 13.1 Å². The third kappa shape index (κ3) is 6.37. The van der Waals surface area contributed by atoms with Gasteiger partial charge in [0.25, 0.3) is 0 Å². The Labute approximate surface area is 203 Å². The highest BCUT2D eigenvalue weighted by Crippen LogP contribution is 2.48. The van der Waals surface area contributed by atoms with Crippen LogP contribution in [0.15, 0.2) is 54.1 Å². The van der Waals surface area contributed by atoms with Crippen LogP contribution < -0.4 is 5.32 Å². The molecule has 2 aromatic rings. The van der Waals surface area contributed by atoms with Crippen molar-refractivity contribution in [2.24, 2.45) is 5.41 Å². The van der Waals surface area contributed by atoms with Crippen LogP contribution in [-0.4, -0.2) is 26.5 Å². The molecule has 1 aliphatic heterocycles. The van der Waals surface area contributed by atoms with Crippen LogP contribution in [0, 0.1) is 5.41 Å². The molecule has 0 aromatic heterocycles. The van der Waals surface area contributed by atoms with E-state index in [1.165, 1.54) is 33.5 Å². The summed E-state index contributed by atoms with van der Waals surface area (Å²) in [5, 5.41) is 12.8. The van der Waals surface area contributed by atoms with Gasteiger partial charge in [-0.3, -0.25) is 0 Å². The van der Waals surface area contributed by atoms with Gasteiger partial charge >= 0.3 is 0 Å². The standard InChI is InChI=1S/C29H42NO2Si/c1-22-27(28(2,3)4)25-13-9-10-14-26(25)30-29(22,32-33(5)6)20-19-24-17-15-23(16-18-24)12-8-7-11-21-31/h9-10,13-18,30-31H,7-8,11-12,19-21H2,1-6H3. The zero-order chi connectivity index (χ0) is 24.1. The lowest BCUT2D eigenvalue weighted by Gasteiger charge is -2.46. The molecule has 1 radical (unpaired) electrons. The predicted molar refractivity (Wildman–Crippen MR) is 143 cm³/mol. The van der Waals surface area contributed by atoms with Gasteiger partial charge in [-0.25, -0.2) is 0 Å². The first-order chi connectivity index (χ1) is 15.7. The minimum Gasteiger partial charge on any atom is -0.396 e. The number of para-hydroxylation sites is 1. The van der Waals surface area contributed by atoms with Crippen molar-refractivity contribution >= 4 is 20.3 Å². The first kappa shape index (κ1) is 25.7. The van der Waals surface area contributed by atoms with Crippen molar-refractivity contribution in [2.75, 3.05) is 11.9 Å². The van der Waals surface area contributed by atoms with Crippen molar-refractivity contribution in [1.82, 2.24) is 0 Å². The van der Waals surface area contributed by atoms with Crippen LogP contribution in [0.4, 0.5) is 5.69 Å². The zero-order valence-corrected chi connectivity index (χ0v) is 22.4. The number of benzene rings is 2. The maximum absolute atomic E-state index is 8.96. The average Bonchev–Trinajstić information content (AvgIpc) is 2.75.